The number of urea groups is 1. The number of rotatable bonds is 3. The molecule has 146 valence electrons. The zero-order valence-electron chi connectivity index (χ0n) is 15.9. The number of anilines is 2. The number of hydrogen-bond donors (Lipinski definition) is 2. The number of carbonyl (C=O) groups excluding carboxylic acids is 1. The summed E-state index contributed by atoms with van der Waals surface area (Å²) in [6, 6.07) is 4.38. The van der Waals surface area contributed by atoms with Gasteiger partial charge in [-0.25, -0.2) is 14.8 Å². The number of aromatic amines is 1. The summed E-state index contributed by atoms with van der Waals surface area (Å²) in [5.74, 6) is 2.07. The molecule has 2 amide bonds. The van der Waals surface area contributed by atoms with Crippen molar-refractivity contribution in [3.8, 4) is 0 Å². The summed E-state index contributed by atoms with van der Waals surface area (Å²) in [4.78, 5) is 28.8. The molecule has 1 saturated carbocycles. The second-order valence-electron chi connectivity index (χ2n) is 7.86. The number of hydrogen-bond acceptors (Lipinski definition) is 6. The van der Waals surface area contributed by atoms with Crippen molar-refractivity contribution in [3.63, 3.8) is 0 Å². The third-order valence-electron chi connectivity index (χ3n) is 6.09. The number of nitrogens with one attached hydrogen (secondary N) is 2. The molecule has 2 aliphatic rings. The first-order chi connectivity index (χ1) is 13.6. The van der Waals surface area contributed by atoms with Crippen LogP contribution in [-0.2, 0) is 0 Å². The van der Waals surface area contributed by atoms with Crippen molar-refractivity contribution in [2.75, 3.05) is 30.4 Å². The summed E-state index contributed by atoms with van der Waals surface area (Å²) in [7, 11) is 2.12. The normalized spacial score (nSPS) is 23.9. The third-order valence-corrected chi connectivity index (χ3v) is 6.88. The van der Waals surface area contributed by atoms with Crippen LogP contribution < -0.4 is 10.2 Å². The lowest BCUT2D eigenvalue weighted by Crippen LogP contribution is -2.36. The number of H-pyrrole nitrogens is 1. The quantitative estimate of drug-likeness (QED) is 0.709. The van der Waals surface area contributed by atoms with Gasteiger partial charge in [0.2, 0.25) is 0 Å². The van der Waals surface area contributed by atoms with E-state index in [9.17, 15) is 4.79 Å². The zero-order valence-corrected chi connectivity index (χ0v) is 16.7. The van der Waals surface area contributed by atoms with Crippen molar-refractivity contribution < 1.29 is 4.79 Å². The first-order valence-electron chi connectivity index (χ1n) is 9.58. The van der Waals surface area contributed by atoms with Crippen molar-refractivity contribution in [1.29, 1.82) is 0 Å². The van der Waals surface area contributed by atoms with E-state index in [0.717, 1.165) is 53.5 Å². The highest BCUT2D eigenvalue weighted by Crippen LogP contribution is 2.41. The molecule has 5 rings (SSSR count). The fraction of sp³-hybridized carbons (Fsp3) is 0.474. The van der Waals surface area contributed by atoms with Crippen LogP contribution in [0, 0.1) is 18.8 Å². The smallest absolute Gasteiger partial charge is 0.322 e. The van der Waals surface area contributed by atoms with E-state index in [1.54, 1.807) is 6.33 Å². The number of likely N-dealkylation sites (tertiary alicyclic amines) is 1. The summed E-state index contributed by atoms with van der Waals surface area (Å²) in [6.07, 6.45) is 5.69. The molecule has 8 nitrogen and oxygen atoms in total. The van der Waals surface area contributed by atoms with Crippen LogP contribution in [0.15, 0.2) is 24.7 Å². The van der Waals surface area contributed by atoms with Gasteiger partial charge < -0.3 is 14.8 Å². The van der Waals surface area contributed by atoms with E-state index in [1.807, 2.05) is 30.2 Å². The van der Waals surface area contributed by atoms with Gasteiger partial charge in [-0.3, -0.25) is 5.32 Å². The van der Waals surface area contributed by atoms with E-state index in [-0.39, 0.29) is 6.03 Å². The molecule has 1 saturated heterocycles. The molecule has 0 bridgehead atoms. The van der Waals surface area contributed by atoms with Gasteiger partial charge >= 0.3 is 6.03 Å². The molecule has 1 aliphatic carbocycles. The molecule has 0 spiro atoms. The molecule has 9 heteroatoms. The van der Waals surface area contributed by atoms with E-state index in [2.05, 4.69) is 36.6 Å². The Morgan fingerprint density at radius 2 is 2.11 bits per heavy atom. The summed E-state index contributed by atoms with van der Waals surface area (Å²) in [5, 5.41) is 4.86. The Hall–Kier alpha value is -2.68. The molecule has 1 aliphatic heterocycles. The number of aryl methyl sites for hydroxylation is 1. The molecule has 4 heterocycles. The minimum atomic E-state index is -0.00668. The fourth-order valence-electron chi connectivity index (χ4n) is 4.67. The van der Waals surface area contributed by atoms with Crippen LogP contribution in [0.3, 0.4) is 0 Å². The molecule has 28 heavy (non-hydrogen) atoms. The van der Waals surface area contributed by atoms with Crippen molar-refractivity contribution in [2.45, 2.75) is 25.8 Å². The average molecular weight is 398 g/mol. The highest BCUT2D eigenvalue weighted by molar-refractivity contribution is 7.10. The lowest BCUT2D eigenvalue weighted by Gasteiger charge is -2.28. The first kappa shape index (κ1) is 17.4. The summed E-state index contributed by atoms with van der Waals surface area (Å²) in [6.45, 7) is 3.58. The monoisotopic (exact) mass is 397 g/mol. The van der Waals surface area contributed by atoms with Crippen LogP contribution in [-0.4, -0.2) is 56.4 Å². The van der Waals surface area contributed by atoms with Crippen LogP contribution in [0.5, 0.6) is 0 Å². The minimum absolute atomic E-state index is 0.00668. The van der Waals surface area contributed by atoms with E-state index in [0.29, 0.717) is 17.9 Å². The Balaban J connectivity index is 1.23. The largest absolute Gasteiger partial charge is 0.356 e. The van der Waals surface area contributed by atoms with Gasteiger partial charge in [-0.1, -0.05) is 0 Å². The third kappa shape index (κ3) is 2.99. The average Bonchev–Trinajstić information content (AvgIpc) is 3.43. The van der Waals surface area contributed by atoms with Crippen LogP contribution in [0.2, 0.25) is 0 Å². The minimum Gasteiger partial charge on any atom is -0.356 e. The number of carbonyl (C=O) groups is 1. The molecule has 3 aromatic rings. The van der Waals surface area contributed by atoms with E-state index < -0.39 is 0 Å². The van der Waals surface area contributed by atoms with Gasteiger partial charge in [0.25, 0.3) is 0 Å². The van der Waals surface area contributed by atoms with Crippen molar-refractivity contribution in [3.05, 3.63) is 30.4 Å². The predicted octanol–water partition coefficient (Wildman–Crippen LogP) is 3.10. The van der Waals surface area contributed by atoms with Gasteiger partial charge in [0, 0.05) is 32.4 Å². The van der Waals surface area contributed by atoms with Crippen molar-refractivity contribution in [1.82, 2.24) is 24.2 Å². The summed E-state index contributed by atoms with van der Waals surface area (Å²) >= 11 is 1.33. The molecular formula is C19H23N7OS. The van der Waals surface area contributed by atoms with Crippen molar-refractivity contribution >= 4 is 39.4 Å². The SMILES string of the molecule is Cc1cc(NC(=O)N2C[C@H]3C[C@@H](N(C)c4ncnc5[nH]ccc45)C[C@H]3C2)sn1. The molecule has 2 fully saturated rings. The molecule has 3 aromatic heterocycles. The summed E-state index contributed by atoms with van der Waals surface area (Å²) in [5.41, 5.74) is 1.81. The van der Waals surface area contributed by atoms with Gasteiger partial charge in [-0.15, -0.1) is 0 Å². The van der Waals surface area contributed by atoms with Crippen LogP contribution in [0.25, 0.3) is 11.0 Å². The zero-order chi connectivity index (χ0) is 19.3. The van der Waals surface area contributed by atoms with E-state index in [4.69, 9.17) is 0 Å². The maximum atomic E-state index is 12.6. The molecular weight excluding hydrogens is 374 g/mol. The predicted molar refractivity (Wildman–Crippen MR) is 110 cm³/mol. The number of amides is 2. The van der Waals surface area contributed by atoms with Crippen molar-refractivity contribution in [2.24, 2.45) is 11.8 Å². The second-order valence-corrected chi connectivity index (χ2v) is 8.67. The van der Waals surface area contributed by atoms with Gasteiger partial charge in [0.1, 0.15) is 22.8 Å². The first-order valence-corrected chi connectivity index (χ1v) is 10.4. The highest BCUT2D eigenvalue weighted by atomic mass is 32.1. The Morgan fingerprint density at radius 3 is 2.82 bits per heavy atom. The highest BCUT2D eigenvalue weighted by Gasteiger charge is 2.44. The Labute approximate surface area is 167 Å². The maximum Gasteiger partial charge on any atom is 0.322 e. The van der Waals surface area contributed by atoms with Crippen LogP contribution >= 0.6 is 11.5 Å². The second kappa shape index (κ2) is 6.73. The Bertz CT molecular complexity index is 1000. The number of nitrogens with zero attached hydrogens (tertiary/aromatic N) is 5. The topological polar surface area (TPSA) is 90.0 Å². The maximum absolute atomic E-state index is 12.6. The van der Waals surface area contributed by atoms with Gasteiger partial charge in [-0.05, 0) is 55.3 Å². The Morgan fingerprint density at radius 1 is 1.32 bits per heavy atom. The molecule has 3 atom stereocenters. The van der Waals surface area contributed by atoms with E-state index in [1.165, 1.54) is 11.5 Å². The standard InChI is InChI=1S/C19H23N7OS/c1-11-5-16(28-24-11)23-19(27)26-8-12-6-14(7-13(12)9-26)25(2)18-15-3-4-20-17(15)21-10-22-18/h3-5,10,12-14H,6-9H2,1-2H3,(H,23,27)(H,20,21,22)/t12-,13+,14-. The Kier molecular flexibility index (Phi) is 4.19. The lowest BCUT2D eigenvalue weighted by atomic mass is 10.0. The number of fused-ring (bicyclic) bond motifs is 2. The van der Waals surface area contributed by atoms with Crippen LogP contribution in [0.1, 0.15) is 18.5 Å². The van der Waals surface area contributed by atoms with Gasteiger partial charge in [0.05, 0.1) is 11.1 Å². The lowest BCUT2D eigenvalue weighted by molar-refractivity contribution is 0.218. The fourth-order valence-corrected chi connectivity index (χ4v) is 5.32. The van der Waals surface area contributed by atoms with Gasteiger partial charge in [0.15, 0.2) is 0 Å². The molecule has 2 N–H and O–H groups in total. The van der Waals surface area contributed by atoms with Gasteiger partial charge in [-0.2, -0.15) is 4.37 Å². The summed E-state index contributed by atoms with van der Waals surface area (Å²) < 4.78 is 4.22. The van der Waals surface area contributed by atoms with Crippen LogP contribution in [0.4, 0.5) is 15.6 Å². The van der Waals surface area contributed by atoms with E-state index >= 15 is 0 Å². The molecule has 0 unspecified atom stereocenters. The number of aromatic nitrogens is 4. The molecule has 0 radical (unpaired) electrons. The molecule has 0 aromatic carbocycles.